The van der Waals surface area contributed by atoms with Gasteiger partial charge in [0, 0.05) is 19.6 Å². The molecule has 1 aliphatic rings. The average molecular weight is 412 g/mol. The van der Waals surface area contributed by atoms with Gasteiger partial charge < -0.3 is 4.74 Å². The van der Waals surface area contributed by atoms with E-state index in [0.717, 1.165) is 43.0 Å². The van der Waals surface area contributed by atoms with Gasteiger partial charge in [-0.05, 0) is 55.3 Å². The van der Waals surface area contributed by atoms with E-state index < -0.39 is 0 Å². The number of likely N-dealkylation sites (tertiary alicyclic amines) is 1. The van der Waals surface area contributed by atoms with Gasteiger partial charge in [0.05, 0.1) is 16.6 Å². The highest BCUT2D eigenvalue weighted by atomic mass is 16.5. The molecule has 0 radical (unpaired) electrons. The smallest absolute Gasteiger partial charge is 0.265 e. The molecule has 1 aromatic heterocycles. The average Bonchev–Trinajstić information content (AvgIpc) is 3.22. The van der Waals surface area contributed by atoms with Crippen molar-refractivity contribution in [1.29, 1.82) is 0 Å². The second kappa shape index (κ2) is 8.36. The minimum absolute atomic E-state index is 0.0517. The molecule has 5 nitrogen and oxygen atoms in total. The molecular weight excluding hydrogens is 386 g/mol. The second-order valence-electron chi connectivity index (χ2n) is 8.06. The van der Waals surface area contributed by atoms with Crippen molar-refractivity contribution in [1.82, 2.24) is 14.5 Å². The second-order valence-corrected chi connectivity index (χ2v) is 8.06. The van der Waals surface area contributed by atoms with Crippen LogP contribution in [0.25, 0.3) is 16.6 Å². The quantitative estimate of drug-likeness (QED) is 0.490. The number of aryl methyl sites for hydroxylation is 1. The third kappa shape index (κ3) is 4.09. The third-order valence-electron chi connectivity index (χ3n) is 5.82. The Morgan fingerprint density at radius 1 is 0.968 bits per heavy atom. The zero-order valence-corrected chi connectivity index (χ0v) is 17.6. The Morgan fingerprint density at radius 3 is 2.52 bits per heavy atom. The summed E-state index contributed by atoms with van der Waals surface area (Å²) in [5.74, 6) is 1.50. The highest BCUT2D eigenvalue weighted by Crippen LogP contribution is 2.22. The molecule has 1 atom stereocenters. The van der Waals surface area contributed by atoms with Crippen molar-refractivity contribution >= 4 is 10.9 Å². The molecule has 2 heterocycles. The molecule has 4 aromatic rings. The number of fused-ring (bicyclic) bond motifs is 1. The van der Waals surface area contributed by atoms with E-state index in [-0.39, 0.29) is 11.7 Å². The number of para-hydroxylation sites is 1. The van der Waals surface area contributed by atoms with Gasteiger partial charge in [0.25, 0.3) is 5.56 Å². The van der Waals surface area contributed by atoms with Crippen molar-refractivity contribution in [2.24, 2.45) is 0 Å². The van der Waals surface area contributed by atoms with Crippen LogP contribution in [0, 0.1) is 6.92 Å². The molecule has 0 aliphatic carbocycles. The lowest BCUT2D eigenvalue weighted by Gasteiger charge is -2.17. The molecule has 1 saturated heterocycles. The van der Waals surface area contributed by atoms with Crippen molar-refractivity contribution in [3.63, 3.8) is 0 Å². The van der Waals surface area contributed by atoms with Gasteiger partial charge in [0.2, 0.25) is 0 Å². The van der Waals surface area contributed by atoms with Gasteiger partial charge in [-0.3, -0.25) is 14.3 Å². The molecule has 0 bridgehead atoms. The summed E-state index contributed by atoms with van der Waals surface area (Å²) in [4.78, 5) is 20.0. The van der Waals surface area contributed by atoms with Crippen LogP contribution in [0.3, 0.4) is 0 Å². The number of hydrogen-bond acceptors (Lipinski definition) is 4. The van der Waals surface area contributed by atoms with Gasteiger partial charge >= 0.3 is 0 Å². The fourth-order valence-electron chi connectivity index (χ4n) is 4.29. The zero-order chi connectivity index (χ0) is 21.2. The van der Waals surface area contributed by atoms with Crippen molar-refractivity contribution in [2.75, 3.05) is 13.1 Å². The lowest BCUT2D eigenvalue weighted by molar-refractivity contribution is 0.198. The summed E-state index contributed by atoms with van der Waals surface area (Å²) >= 11 is 0. The number of hydrogen-bond donors (Lipinski definition) is 0. The maximum Gasteiger partial charge on any atom is 0.265 e. The van der Waals surface area contributed by atoms with Gasteiger partial charge in [0.1, 0.15) is 17.7 Å². The van der Waals surface area contributed by atoms with Crippen molar-refractivity contribution < 1.29 is 4.74 Å². The van der Waals surface area contributed by atoms with E-state index >= 15 is 0 Å². The maximum atomic E-state index is 13.0. The zero-order valence-electron chi connectivity index (χ0n) is 17.6. The van der Waals surface area contributed by atoms with Crippen molar-refractivity contribution in [3.05, 3.63) is 101 Å². The summed E-state index contributed by atoms with van der Waals surface area (Å²) in [6, 6.07) is 25.7. The van der Waals surface area contributed by atoms with Gasteiger partial charge in [0.15, 0.2) is 0 Å². The Labute approximate surface area is 181 Å². The minimum atomic E-state index is -0.0517. The molecule has 5 rings (SSSR count). The van der Waals surface area contributed by atoms with E-state index in [1.807, 2.05) is 61.5 Å². The van der Waals surface area contributed by atoms with E-state index in [4.69, 9.17) is 4.74 Å². The molecule has 5 heteroatoms. The number of aromatic nitrogens is 2. The number of rotatable bonds is 5. The van der Waals surface area contributed by atoms with Gasteiger partial charge in [-0.2, -0.15) is 0 Å². The van der Waals surface area contributed by atoms with Gasteiger partial charge in [-0.15, -0.1) is 0 Å². The van der Waals surface area contributed by atoms with Crippen LogP contribution in [-0.2, 0) is 6.54 Å². The van der Waals surface area contributed by atoms with E-state index in [0.29, 0.717) is 11.2 Å². The fourth-order valence-corrected chi connectivity index (χ4v) is 4.29. The first-order valence-corrected chi connectivity index (χ1v) is 10.7. The van der Waals surface area contributed by atoms with E-state index in [2.05, 4.69) is 34.1 Å². The third-order valence-corrected chi connectivity index (χ3v) is 5.82. The van der Waals surface area contributed by atoms with Crippen LogP contribution < -0.4 is 10.3 Å². The molecule has 1 unspecified atom stereocenters. The molecule has 3 aromatic carbocycles. The Bertz CT molecular complexity index is 1250. The maximum absolute atomic E-state index is 13.0. The van der Waals surface area contributed by atoms with E-state index in [1.165, 1.54) is 5.56 Å². The summed E-state index contributed by atoms with van der Waals surface area (Å²) in [7, 11) is 0. The standard InChI is InChI=1S/C26H25N3O2/c1-19-27-25-10-6-5-9-24(25)26(30)29(19)21-11-13-22(14-12-21)31-23-15-16-28(18-23)17-20-7-3-2-4-8-20/h2-14,23H,15-18H2,1H3. The molecule has 156 valence electrons. The monoisotopic (exact) mass is 411 g/mol. The van der Waals surface area contributed by atoms with Crippen LogP contribution in [0.4, 0.5) is 0 Å². The summed E-state index contributed by atoms with van der Waals surface area (Å²) in [6.07, 6.45) is 1.20. The first-order chi connectivity index (χ1) is 15.2. The number of benzene rings is 3. The van der Waals surface area contributed by atoms with Crippen LogP contribution >= 0.6 is 0 Å². The number of ether oxygens (including phenoxy) is 1. The van der Waals surface area contributed by atoms with Crippen LogP contribution in [-0.4, -0.2) is 33.6 Å². The van der Waals surface area contributed by atoms with Crippen LogP contribution in [0.1, 0.15) is 17.8 Å². The van der Waals surface area contributed by atoms with Gasteiger partial charge in [-0.1, -0.05) is 42.5 Å². The van der Waals surface area contributed by atoms with Crippen LogP contribution in [0.15, 0.2) is 83.7 Å². The van der Waals surface area contributed by atoms with E-state index in [1.54, 1.807) is 4.57 Å². The summed E-state index contributed by atoms with van der Waals surface area (Å²) in [6.45, 7) is 4.77. The Balaban J connectivity index is 1.29. The summed E-state index contributed by atoms with van der Waals surface area (Å²) in [5.41, 5.74) is 2.80. The molecule has 1 aliphatic heterocycles. The highest BCUT2D eigenvalue weighted by molar-refractivity contribution is 5.77. The molecule has 31 heavy (non-hydrogen) atoms. The first kappa shape index (κ1) is 19.5. The summed E-state index contributed by atoms with van der Waals surface area (Å²) < 4.78 is 7.88. The van der Waals surface area contributed by atoms with Crippen LogP contribution in [0.2, 0.25) is 0 Å². The van der Waals surface area contributed by atoms with Crippen molar-refractivity contribution in [3.8, 4) is 11.4 Å². The topological polar surface area (TPSA) is 47.4 Å². The van der Waals surface area contributed by atoms with E-state index in [9.17, 15) is 4.79 Å². The minimum Gasteiger partial charge on any atom is -0.489 e. The SMILES string of the molecule is Cc1nc2ccccc2c(=O)n1-c1ccc(OC2CCN(Cc3ccccc3)C2)cc1. The Hall–Kier alpha value is -3.44. The molecule has 0 amide bonds. The normalized spacial score (nSPS) is 16.6. The summed E-state index contributed by atoms with van der Waals surface area (Å²) in [5, 5.41) is 0.623. The Kier molecular flexibility index (Phi) is 5.26. The van der Waals surface area contributed by atoms with Crippen LogP contribution in [0.5, 0.6) is 5.75 Å². The Morgan fingerprint density at radius 2 is 1.71 bits per heavy atom. The molecule has 0 spiro atoms. The largest absolute Gasteiger partial charge is 0.489 e. The molecule has 1 fully saturated rings. The lowest BCUT2D eigenvalue weighted by Crippen LogP contribution is -2.24. The predicted octanol–water partition coefficient (Wildman–Crippen LogP) is 4.35. The van der Waals surface area contributed by atoms with Crippen molar-refractivity contribution in [2.45, 2.75) is 26.0 Å². The highest BCUT2D eigenvalue weighted by Gasteiger charge is 2.24. The number of nitrogens with zero attached hydrogens (tertiary/aromatic N) is 3. The van der Waals surface area contributed by atoms with Gasteiger partial charge in [-0.25, -0.2) is 4.98 Å². The molecule has 0 N–H and O–H groups in total. The predicted molar refractivity (Wildman–Crippen MR) is 123 cm³/mol. The molecular formula is C26H25N3O2. The molecule has 0 saturated carbocycles. The first-order valence-electron chi connectivity index (χ1n) is 10.7. The lowest BCUT2D eigenvalue weighted by atomic mass is 10.2. The fraction of sp³-hybridized carbons (Fsp3) is 0.231.